The number of rotatable bonds is 2. The van der Waals surface area contributed by atoms with E-state index in [0.717, 1.165) is 12.1 Å². The molecule has 3 nitrogen and oxygen atoms in total. The summed E-state index contributed by atoms with van der Waals surface area (Å²) in [5.41, 5.74) is 0. The molecule has 0 amide bonds. The summed E-state index contributed by atoms with van der Waals surface area (Å²) in [6, 6.07) is 1.60. The summed E-state index contributed by atoms with van der Waals surface area (Å²) < 4.78 is 51.2. The zero-order valence-corrected chi connectivity index (χ0v) is 9.32. The number of hydrogen-bond acceptors (Lipinski definition) is 3. The molecule has 0 N–H and O–H groups in total. The van der Waals surface area contributed by atoms with E-state index >= 15 is 0 Å². The van der Waals surface area contributed by atoms with Gasteiger partial charge in [-0.2, -0.15) is 8.42 Å². The summed E-state index contributed by atoms with van der Waals surface area (Å²) in [6.07, 6.45) is 0. The van der Waals surface area contributed by atoms with Gasteiger partial charge >= 0.3 is 10.2 Å². The second-order valence-corrected chi connectivity index (χ2v) is 4.52. The van der Waals surface area contributed by atoms with Crippen molar-refractivity contribution >= 4 is 26.2 Å². The second-order valence-electron chi connectivity index (χ2n) is 2.36. The monoisotopic (exact) mass is 286 g/mol. The highest BCUT2D eigenvalue weighted by Crippen LogP contribution is 2.30. The number of benzene rings is 1. The molecule has 0 aliphatic carbocycles. The topological polar surface area (TPSA) is 43.4 Å². The summed E-state index contributed by atoms with van der Waals surface area (Å²) in [5.74, 6) is -1.09. The van der Waals surface area contributed by atoms with E-state index in [2.05, 4.69) is 20.7 Å². The molecule has 14 heavy (non-hydrogen) atoms. The third kappa shape index (κ3) is 2.21. The first-order chi connectivity index (χ1) is 6.36. The Kier molecular flexibility index (Phi) is 3.10. The summed E-state index contributed by atoms with van der Waals surface area (Å²) in [7, 11) is -3.76. The van der Waals surface area contributed by atoms with Crippen LogP contribution < -0.4 is 4.74 Å². The fourth-order valence-electron chi connectivity index (χ4n) is 0.854. The van der Waals surface area contributed by atoms with Gasteiger partial charge in [0, 0.05) is 6.07 Å². The SMILES string of the molecule is COc1cc(F)c(S(=O)(=O)F)cc1Br. The smallest absolute Gasteiger partial charge is 0.335 e. The average Bonchev–Trinajstić information content (AvgIpc) is 2.06. The normalized spacial score (nSPS) is 11.4. The van der Waals surface area contributed by atoms with Gasteiger partial charge in [-0.25, -0.2) is 4.39 Å². The van der Waals surface area contributed by atoms with Gasteiger partial charge < -0.3 is 4.74 Å². The van der Waals surface area contributed by atoms with Gasteiger partial charge in [-0.05, 0) is 22.0 Å². The molecule has 78 valence electrons. The Balaban J connectivity index is 3.44. The summed E-state index contributed by atoms with van der Waals surface area (Å²) in [4.78, 5) is -1.01. The van der Waals surface area contributed by atoms with Crippen LogP contribution in [-0.4, -0.2) is 15.5 Å². The van der Waals surface area contributed by atoms with E-state index in [9.17, 15) is 16.7 Å². The van der Waals surface area contributed by atoms with E-state index < -0.39 is 20.9 Å². The van der Waals surface area contributed by atoms with Gasteiger partial charge in [0.2, 0.25) is 0 Å². The largest absolute Gasteiger partial charge is 0.495 e. The highest BCUT2D eigenvalue weighted by atomic mass is 79.9. The molecule has 1 aromatic carbocycles. The van der Waals surface area contributed by atoms with Crippen LogP contribution in [0.25, 0.3) is 0 Å². The molecule has 0 aromatic heterocycles. The molecule has 0 atom stereocenters. The van der Waals surface area contributed by atoms with E-state index in [0.29, 0.717) is 0 Å². The van der Waals surface area contributed by atoms with E-state index in [1.54, 1.807) is 0 Å². The van der Waals surface area contributed by atoms with Crippen LogP contribution in [0.4, 0.5) is 8.28 Å². The van der Waals surface area contributed by atoms with Crippen LogP contribution in [0.1, 0.15) is 0 Å². The predicted octanol–water partition coefficient (Wildman–Crippen LogP) is 2.26. The second kappa shape index (κ2) is 3.82. The molecule has 1 rings (SSSR count). The Morgan fingerprint density at radius 1 is 1.43 bits per heavy atom. The number of halogens is 3. The van der Waals surface area contributed by atoms with Crippen LogP contribution >= 0.6 is 15.9 Å². The fraction of sp³-hybridized carbons (Fsp3) is 0.143. The van der Waals surface area contributed by atoms with E-state index in [1.807, 2.05) is 0 Å². The van der Waals surface area contributed by atoms with Crippen molar-refractivity contribution in [3.8, 4) is 5.75 Å². The summed E-state index contributed by atoms with van der Waals surface area (Å²) in [5, 5.41) is 0. The molecule has 0 saturated heterocycles. The zero-order chi connectivity index (χ0) is 10.9. The molecule has 0 saturated carbocycles. The van der Waals surface area contributed by atoms with Gasteiger partial charge in [0.15, 0.2) is 0 Å². The molecule has 1 aromatic rings. The van der Waals surface area contributed by atoms with Gasteiger partial charge in [0.25, 0.3) is 0 Å². The molecule has 7 heteroatoms. The standard InChI is InChI=1S/C7H5BrF2O3S/c1-13-6-3-5(9)7(2-4(6)8)14(10,11)12/h2-3H,1H3. The summed E-state index contributed by atoms with van der Waals surface area (Å²) in [6.45, 7) is 0. The van der Waals surface area contributed by atoms with Crippen molar-refractivity contribution < 1.29 is 21.4 Å². The van der Waals surface area contributed by atoms with Gasteiger partial charge in [-0.3, -0.25) is 0 Å². The van der Waals surface area contributed by atoms with Crippen molar-refractivity contribution in [2.75, 3.05) is 7.11 Å². The Morgan fingerprint density at radius 2 is 2.00 bits per heavy atom. The predicted molar refractivity (Wildman–Crippen MR) is 48.9 cm³/mol. The molecule has 0 heterocycles. The van der Waals surface area contributed by atoms with Crippen molar-refractivity contribution in [3.63, 3.8) is 0 Å². The third-order valence-corrected chi connectivity index (χ3v) is 2.93. The molecule has 0 unspecified atom stereocenters. The molecule has 0 fully saturated rings. The lowest BCUT2D eigenvalue weighted by Crippen LogP contribution is -1.98. The third-order valence-electron chi connectivity index (χ3n) is 1.47. The fourth-order valence-corrected chi connectivity index (χ4v) is 2.06. The Hall–Kier alpha value is -0.690. The maximum Gasteiger partial charge on any atom is 0.335 e. The van der Waals surface area contributed by atoms with Gasteiger partial charge in [0.1, 0.15) is 16.5 Å². The van der Waals surface area contributed by atoms with Crippen LogP contribution in [0.15, 0.2) is 21.5 Å². The quantitative estimate of drug-likeness (QED) is 0.784. The minimum absolute atomic E-state index is 0.0925. The lowest BCUT2D eigenvalue weighted by molar-refractivity contribution is 0.406. The summed E-state index contributed by atoms with van der Waals surface area (Å²) >= 11 is 2.91. The number of hydrogen-bond donors (Lipinski definition) is 0. The lowest BCUT2D eigenvalue weighted by atomic mass is 10.3. The average molecular weight is 287 g/mol. The first-order valence-electron chi connectivity index (χ1n) is 3.34. The number of methoxy groups -OCH3 is 1. The maximum atomic E-state index is 13.0. The highest BCUT2D eigenvalue weighted by molar-refractivity contribution is 9.10. The van der Waals surface area contributed by atoms with Crippen LogP contribution in [-0.2, 0) is 10.2 Å². The molecular formula is C7H5BrF2O3S. The van der Waals surface area contributed by atoms with E-state index in [-0.39, 0.29) is 10.2 Å². The molecule has 0 radical (unpaired) electrons. The van der Waals surface area contributed by atoms with Crippen molar-refractivity contribution in [2.24, 2.45) is 0 Å². The van der Waals surface area contributed by atoms with Crippen LogP contribution in [0, 0.1) is 5.82 Å². The van der Waals surface area contributed by atoms with Crippen molar-refractivity contribution in [2.45, 2.75) is 4.90 Å². The van der Waals surface area contributed by atoms with Crippen LogP contribution in [0.2, 0.25) is 0 Å². The van der Waals surface area contributed by atoms with E-state index in [4.69, 9.17) is 0 Å². The first-order valence-corrected chi connectivity index (χ1v) is 5.51. The van der Waals surface area contributed by atoms with Crippen molar-refractivity contribution in [1.82, 2.24) is 0 Å². The molecular weight excluding hydrogens is 282 g/mol. The minimum Gasteiger partial charge on any atom is -0.495 e. The molecule has 0 aliphatic heterocycles. The Morgan fingerprint density at radius 3 is 2.43 bits per heavy atom. The van der Waals surface area contributed by atoms with Crippen LogP contribution in [0.5, 0.6) is 5.75 Å². The van der Waals surface area contributed by atoms with Crippen molar-refractivity contribution in [1.29, 1.82) is 0 Å². The van der Waals surface area contributed by atoms with Gasteiger partial charge in [0.05, 0.1) is 11.6 Å². The van der Waals surface area contributed by atoms with Gasteiger partial charge in [-0.1, -0.05) is 0 Å². The highest BCUT2D eigenvalue weighted by Gasteiger charge is 2.20. The van der Waals surface area contributed by atoms with Crippen molar-refractivity contribution in [3.05, 3.63) is 22.4 Å². The van der Waals surface area contributed by atoms with Crippen LogP contribution in [0.3, 0.4) is 0 Å². The van der Waals surface area contributed by atoms with E-state index in [1.165, 1.54) is 7.11 Å². The maximum absolute atomic E-state index is 13.0. The molecule has 0 bridgehead atoms. The lowest BCUT2D eigenvalue weighted by Gasteiger charge is -2.04. The molecule has 0 aliphatic rings. The Bertz CT molecular complexity index is 458. The number of ether oxygens (including phenoxy) is 1. The Labute approximate surface area is 88.0 Å². The minimum atomic E-state index is -5.04. The zero-order valence-electron chi connectivity index (χ0n) is 6.92. The molecule has 0 spiro atoms. The first kappa shape index (κ1) is 11.4. The van der Waals surface area contributed by atoms with Gasteiger partial charge in [-0.15, -0.1) is 3.89 Å².